The number of benzene rings is 6. The Morgan fingerprint density at radius 2 is 0.618 bits per heavy atom. The van der Waals surface area contributed by atoms with Crippen molar-refractivity contribution in [2.24, 2.45) is 0 Å². The van der Waals surface area contributed by atoms with Gasteiger partial charge in [-0.05, 0) is 131 Å². The Morgan fingerprint density at radius 1 is 0.281 bits per heavy atom. The van der Waals surface area contributed by atoms with E-state index in [0.29, 0.717) is 11.4 Å². The summed E-state index contributed by atoms with van der Waals surface area (Å²) in [6.07, 6.45) is 16.8. The van der Waals surface area contributed by atoms with Crippen molar-refractivity contribution in [2.45, 2.75) is 0 Å². The molecule has 16 bridgehead atoms. The maximum atomic E-state index is 5.83. The molecule has 0 atom stereocenters. The van der Waals surface area contributed by atoms with Crippen molar-refractivity contribution in [2.75, 3.05) is 0 Å². The van der Waals surface area contributed by atoms with Gasteiger partial charge in [0.25, 0.3) is 0 Å². The summed E-state index contributed by atoms with van der Waals surface area (Å²) in [6, 6.07) is 81.9. The van der Waals surface area contributed by atoms with Crippen LogP contribution in [0.15, 0.2) is 243 Å². The third-order valence-corrected chi connectivity index (χ3v) is 16.8. The molecule has 0 aliphatic carbocycles. The molecule has 0 radical (unpaired) electrons. The summed E-state index contributed by atoms with van der Waals surface area (Å²) >= 11 is 0. The van der Waals surface area contributed by atoms with Gasteiger partial charge in [0.15, 0.2) is 0 Å². The van der Waals surface area contributed by atoms with Gasteiger partial charge in [-0.1, -0.05) is 187 Å². The van der Waals surface area contributed by atoms with Gasteiger partial charge in [0.1, 0.15) is 5.69 Å². The molecule has 6 aromatic carbocycles. The first-order chi connectivity index (χ1) is 44.1. The molecule has 11 heterocycles. The molecule has 0 saturated heterocycles. The minimum Gasteiger partial charge on any atom is -0.355 e. The van der Waals surface area contributed by atoms with Crippen molar-refractivity contribution in [3.63, 3.8) is 0 Å². The number of aromatic nitrogens is 11. The lowest BCUT2D eigenvalue weighted by atomic mass is 10.0. The van der Waals surface area contributed by atoms with Crippen molar-refractivity contribution < 1.29 is 0 Å². The summed E-state index contributed by atoms with van der Waals surface area (Å²) in [6.45, 7) is 0. The lowest BCUT2D eigenvalue weighted by Gasteiger charge is -2.09. The van der Waals surface area contributed by atoms with Crippen molar-refractivity contribution in [3.8, 4) is 78.0 Å². The fraction of sp³-hybridized carbons (Fsp3) is 0. The molecule has 0 unspecified atom stereocenters. The Labute approximate surface area is 510 Å². The SMILES string of the molecule is C1=Cc2nc1cc1ccc([nH]1)c(-c1ccccc1)c1nc(c(-c3cn(C4=Cc5nc4c(-c4ccccc4)c4ccc([nH]4)c(-c4ccccc4)c4nc(c(-c6ccccc6)c6ccc([nH]6)c5-c5ccccc5)C=C4)nn3)c3ccc([nH]3)c2-c2ccccc2)C=C1. The molecule has 11 nitrogen and oxygen atoms in total. The topological polar surface area (TPSA) is 145 Å². The molecule has 4 aliphatic heterocycles. The Hall–Kier alpha value is -12.3. The third-order valence-electron chi connectivity index (χ3n) is 16.8. The molecule has 0 spiro atoms. The lowest BCUT2D eigenvalue weighted by Crippen LogP contribution is -2.00. The quantitative estimate of drug-likeness (QED) is 0.119. The molecule has 11 heteroatoms. The number of nitrogens with zero attached hydrogens (tertiary/aromatic N) is 7. The van der Waals surface area contributed by atoms with Crippen LogP contribution in [0.4, 0.5) is 0 Å². The molecule has 4 aliphatic rings. The van der Waals surface area contributed by atoms with Gasteiger partial charge < -0.3 is 19.9 Å². The fourth-order valence-electron chi connectivity index (χ4n) is 12.8. The van der Waals surface area contributed by atoms with Gasteiger partial charge in [-0.15, -0.1) is 5.10 Å². The van der Waals surface area contributed by atoms with Crippen LogP contribution in [0.25, 0.3) is 170 Å². The van der Waals surface area contributed by atoms with Crippen molar-refractivity contribution in [1.82, 2.24) is 54.9 Å². The molecule has 0 fully saturated rings. The van der Waals surface area contributed by atoms with Crippen molar-refractivity contribution in [1.29, 1.82) is 0 Å². The van der Waals surface area contributed by atoms with Gasteiger partial charge in [-0.3, -0.25) is 0 Å². The third kappa shape index (κ3) is 9.16. The minimum atomic E-state index is 0.599. The summed E-state index contributed by atoms with van der Waals surface area (Å²) in [7, 11) is 0. The lowest BCUT2D eigenvalue weighted by molar-refractivity contribution is 0.823. The minimum absolute atomic E-state index is 0.599. The summed E-state index contributed by atoms with van der Waals surface area (Å²) in [5, 5.41) is 10.3. The summed E-state index contributed by atoms with van der Waals surface area (Å²) in [5.41, 5.74) is 27.3. The monoisotopic (exact) mass is 1140 g/mol. The van der Waals surface area contributed by atoms with Crippen molar-refractivity contribution >= 4 is 92.4 Å². The number of nitrogens with one attached hydrogen (secondary N) is 4. The zero-order valence-electron chi connectivity index (χ0n) is 47.8. The second kappa shape index (κ2) is 21.3. The molecule has 7 aromatic heterocycles. The van der Waals surface area contributed by atoms with Gasteiger partial charge in [0.2, 0.25) is 0 Å². The van der Waals surface area contributed by atoms with Gasteiger partial charge in [-0.25, -0.2) is 24.6 Å². The van der Waals surface area contributed by atoms with E-state index in [1.54, 1.807) is 0 Å². The molecule has 4 N–H and O–H groups in total. The van der Waals surface area contributed by atoms with Gasteiger partial charge >= 0.3 is 0 Å². The molecular formula is C78H51N11. The van der Waals surface area contributed by atoms with Crippen LogP contribution in [0.1, 0.15) is 45.6 Å². The number of hydrogen-bond acceptors (Lipinski definition) is 6. The van der Waals surface area contributed by atoms with Crippen LogP contribution in [-0.4, -0.2) is 54.9 Å². The maximum Gasteiger partial charge on any atom is 0.117 e. The summed E-state index contributed by atoms with van der Waals surface area (Å²) in [4.78, 5) is 37.6. The van der Waals surface area contributed by atoms with Crippen LogP contribution in [0.2, 0.25) is 0 Å². The number of hydrogen-bond donors (Lipinski definition) is 4. The molecule has 0 saturated carbocycles. The van der Waals surface area contributed by atoms with E-state index in [1.807, 2.05) is 47.3 Å². The Bertz CT molecular complexity index is 5420. The zero-order chi connectivity index (χ0) is 58.8. The maximum absolute atomic E-state index is 5.83. The van der Waals surface area contributed by atoms with Gasteiger partial charge in [0, 0.05) is 72.0 Å². The Morgan fingerprint density at radius 3 is 1.06 bits per heavy atom. The molecule has 17 rings (SSSR count). The molecule has 13 aromatic rings. The average molecular weight is 1140 g/mol. The first-order valence-electron chi connectivity index (χ1n) is 29.7. The Balaban J connectivity index is 0.967. The second-order valence-corrected chi connectivity index (χ2v) is 22.3. The second-order valence-electron chi connectivity index (χ2n) is 22.3. The van der Waals surface area contributed by atoms with E-state index >= 15 is 0 Å². The largest absolute Gasteiger partial charge is 0.355 e. The van der Waals surface area contributed by atoms with Gasteiger partial charge in [0.05, 0.1) is 68.5 Å². The molecule has 0 amide bonds. The molecule has 418 valence electrons. The summed E-state index contributed by atoms with van der Waals surface area (Å²) < 4.78 is 1.87. The van der Waals surface area contributed by atoms with Crippen LogP contribution in [-0.2, 0) is 0 Å². The number of rotatable bonds is 8. The van der Waals surface area contributed by atoms with Crippen LogP contribution in [0.3, 0.4) is 0 Å². The zero-order valence-corrected chi connectivity index (χ0v) is 47.8. The molecular weight excluding hydrogens is 1090 g/mol. The van der Waals surface area contributed by atoms with Gasteiger partial charge in [-0.2, -0.15) is 0 Å². The first kappa shape index (κ1) is 51.1. The van der Waals surface area contributed by atoms with Crippen molar-refractivity contribution in [3.05, 3.63) is 288 Å². The van der Waals surface area contributed by atoms with Crippen LogP contribution < -0.4 is 0 Å². The molecule has 89 heavy (non-hydrogen) atoms. The van der Waals surface area contributed by atoms with Crippen LogP contribution in [0, 0.1) is 0 Å². The van der Waals surface area contributed by atoms with E-state index < -0.39 is 0 Å². The van der Waals surface area contributed by atoms with E-state index in [-0.39, 0.29) is 0 Å². The van der Waals surface area contributed by atoms with E-state index in [2.05, 4.69) is 263 Å². The predicted molar refractivity (Wildman–Crippen MR) is 364 cm³/mol. The highest BCUT2D eigenvalue weighted by atomic mass is 15.4. The normalized spacial score (nSPS) is 12.4. The van der Waals surface area contributed by atoms with E-state index in [9.17, 15) is 0 Å². The fourth-order valence-corrected chi connectivity index (χ4v) is 12.8. The average Bonchev–Trinajstić information content (AvgIpc) is 1.93. The van der Waals surface area contributed by atoms with E-state index in [0.717, 1.165) is 162 Å². The van der Waals surface area contributed by atoms with E-state index in [4.69, 9.17) is 30.2 Å². The highest BCUT2D eigenvalue weighted by Crippen LogP contribution is 2.43. The Kier molecular flexibility index (Phi) is 12.2. The predicted octanol–water partition coefficient (Wildman–Crippen LogP) is 18.8. The smallest absolute Gasteiger partial charge is 0.117 e. The highest BCUT2D eigenvalue weighted by Gasteiger charge is 2.26. The van der Waals surface area contributed by atoms with Crippen LogP contribution >= 0.6 is 0 Å². The highest BCUT2D eigenvalue weighted by molar-refractivity contribution is 6.03. The standard InChI is InChI=1S/C78H51N11/c1-7-19-48(20-8-1)71-56-33-31-54(79-56)45-55-32-34-57(80-55)72(49-21-9-2-10-22-49)59-41-44-67(85-59)77(66-43-40-58(71)84-66)69-47-89(88-87-69)70-46-68-75(52-27-15-5-16-28-52)64-38-37-62(82-64)73(50-23-11-3-12-24-50)60-35-36-61(81-60)74(51-25-13-4-14-26-51)63-39-42-65(83-63)76(78(70)86-68)53-29-17-6-18-30-53/h1-47,79,82-83,85H. The van der Waals surface area contributed by atoms with E-state index in [1.165, 1.54) is 0 Å². The summed E-state index contributed by atoms with van der Waals surface area (Å²) in [5.74, 6) is 0. The van der Waals surface area contributed by atoms with Crippen LogP contribution in [0.5, 0.6) is 0 Å². The number of aromatic amines is 4. The number of H-pyrrole nitrogens is 4. The first-order valence-corrected chi connectivity index (χ1v) is 29.7. The number of fused-ring (bicyclic) bond motifs is 16.